The van der Waals surface area contributed by atoms with Crippen molar-refractivity contribution in [3.05, 3.63) is 54.1 Å². The predicted molar refractivity (Wildman–Crippen MR) is 115 cm³/mol. The second kappa shape index (κ2) is 10.3. The molecule has 3 rings (SSSR count). The third-order valence-corrected chi connectivity index (χ3v) is 5.12. The van der Waals surface area contributed by atoms with Crippen LogP contribution in [-0.2, 0) is 11.3 Å². The Balaban J connectivity index is 1.68. The molecule has 0 aliphatic carbocycles. The van der Waals surface area contributed by atoms with E-state index in [1.54, 1.807) is 13.2 Å². The largest absolute Gasteiger partial charge is 0.508 e. The number of rotatable bonds is 7. The molecule has 150 valence electrons. The summed E-state index contributed by atoms with van der Waals surface area (Å²) in [6.07, 6.45) is 0. The van der Waals surface area contributed by atoms with E-state index in [-0.39, 0.29) is 5.75 Å². The van der Waals surface area contributed by atoms with Crippen LogP contribution >= 0.6 is 12.2 Å². The van der Waals surface area contributed by atoms with Gasteiger partial charge in [0.05, 0.1) is 26.9 Å². The van der Waals surface area contributed by atoms with E-state index in [1.165, 1.54) is 0 Å². The molecule has 1 aliphatic rings. The van der Waals surface area contributed by atoms with Crippen LogP contribution in [0.15, 0.2) is 48.5 Å². The summed E-state index contributed by atoms with van der Waals surface area (Å²) in [5, 5.41) is 14.2. The first-order valence-electron chi connectivity index (χ1n) is 9.44. The van der Waals surface area contributed by atoms with Crippen molar-refractivity contribution >= 4 is 23.0 Å². The molecular formula is C21H27N3O3S. The van der Waals surface area contributed by atoms with Crippen LogP contribution in [0.1, 0.15) is 5.56 Å². The first-order valence-corrected chi connectivity index (χ1v) is 9.84. The molecule has 1 saturated heterocycles. The maximum absolute atomic E-state index is 10.2. The smallest absolute Gasteiger partial charge is 0.173 e. The molecule has 0 bridgehead atoms. The molecule has 0 saturated carbocycles. The molecule has 0 radical (unpaired) electrons. The van der Waals surface area contributed by atoms with Crippen LogP contribution in [0.4, 0.5) is 5.69 Å². The van der Waals surface area contributed by atoms with Crippen LogP contribution in [0.2, 0.25) is 0 Å². The quantitative estimate of drug-likeness (QED) is 0.692. The third kappa shape index (κ3) is 5.58. The zero-order chi connectivity index (χ0) is 19.8. The Morgan fingerprint density at radius 1 is 1.18 bits per heavy atom. The Hall–Kier alpha value is -2.35. The van der Waals surface area contributed by atoms with E-state index in [0.29, 0.717) is 11.7 Å². The first kappa shape index (κ1) is 20.4. The van der Waals surface area contributed by atoms with Crippen LogP contribution in [0.3, 0.4) is 0 Å². The van der Waals surface area contributed by atoms with Crippen molar-refractivity contribution in [2.75, 3.05) is 51.4 Å². The normalized spacial score (nSPS) is 14.5. The van der Waals surface area contributed by atoms with Crippen molar-refractivity contribution in [3.63, 3.8) is 0 Å². The lowest BCUT2D eigenvalue weighted by Crippen LogP contribution is -2.45. The maximum atomic E-state index is 10.2. The minimum atomic E-state index is 0.261. The molecule has 1 heterocycles. The van der Waals surface area contributed by atoms with Gasteiger partial charge in [0.25, 0.3) is 0 Å². The highest BCUT2D eigenvalue weighted by Crippen LogP contribution is 2.24. The fourth-order valence-corrected chi connectivity index (χ4v) is 3.37. The Morgan fingerprint density at radius 3 is 2.57 bits per heavy atom. The molecule has 0 atom stereocenters. The standard InChI is InChI=1S/C21H27N3O3S/c1-26-19-8-6-18(7-9-19)24(16-17-4-2-3-5-20(17)25)21(28)22-10-11-23-12-14-27-15-13-23/h2-9,25H,10-16H2,1H3,(H,22,28). The summed E-state index contributed by atoms with van der Waals surface area (Å²) in [4.78, 5) is 4.35. The van der Waals surface area contributed by atoms with E-state index >= 15 is 0 Å². The number of anilines is 1. The van der Waals surface area contributed by atoms with Gasteiger partial charge in [0.15, 0.2) is 5.11 Å². The van der Waals surface area contributed by atoms with Gasteiger partial charge in [-0.05, 0) is 42.5 Å². The molecule has 2 N–H and O–H groups in total. The number of methoxy groups -OCH3 is 1. The summed E-state index contributed by atoms with van der Waals surface area (Å²) in [5.74, 6) is 1.05. The molecule has 1 fully saturated rings. The number of ether oxygens (including phenoxy) is 2. The number of nitrogens with one attached hydrogen (secondary N) is 1. The number of phenols is 1. The van der Waals surface area contributed by atoms with Gasteiger partial charge >= 0.3 is 0 Å². The molecule has 6 nitrogen and oxygen atoms in total. The lowest BCUT2D eigenvalue weighted by atomic mass is 10.1. The summed E-state index contributed by atoms with van der Waals surface area (Å²) in [7, 11) is 1.65. The van der Waals surface area contributed by atoms with Gasteiger partial charge in [-0.3, -0.25) is 4.90 Å². The fourth-order valence-electron chi connectivity index (χ4n) is 3.10. The van der Waals surface area contributed by atoms with E-state index in [4.69, 9.17) is 21.7 Å². The lowest BCUT2D eigenvalue weighted by molar-refractivity contribution is 0.0389. The van der Waals surface area contributed by atoms with Crippen molar-refractivity contribution < 1.29 is 14.6 Å². The summed E-state index contributed by atoms with van der Waals surface area (Å²) in [6, 6.07) is 15.1. The molecule has 0 aromatic heterocycles. The Bertz CT molecular complexity index is 764. The number of phenolic OH excluding ortho intramolecular Hbond substituents is 1. The van der Waals surface area contributed by atoms with Crippen LogP contribution in [0.5, 0.6) is 11.5 Å². The number of aromatic hydroxyl groups is 1. The van der Waals surface area contributed by atoms with Crippen LogP contribution in [0.25, 0.3) is 0 Å². The summed E-state index contributed by atoms with van der Waals surface area (Å²) >= 11 is 5.69. The van der Waals surface area contributed by atoms with Crippen LogP contribution in [-0.4, -0.2) is 61.6 Å². The lowest BCUT2D eigenvalue weighted by Gasteiger charge is -2.29. The molecule has 2 aromatic carbocycles. The first-order chi connectivity index (χ1) is 13.7. The van der Waals surface area contributed by atoms with Gasteiger partial charge < -0.3 is 24.8 Å². The van der Waals surface area contributed by atoms with Crippen molar-refractivity contribution in [3.8, 4) is 11.5 Å². The van der Waals surface area contributed by atoms with E-state index in [0.717, 1.165) is 56.4 Å². The van der Waals surface area contributed by atoms with Gasteiger partial charge in [0.1, 0.15) is 11.5 Å². The second-order valence-corrected chi connectivity index (χ2v) is 6.99. The number of nitrogens with zero attached hydrogens (tertiary/aromatic N) is 2. The van der Waals surface area contributed by atoms with E-state index in [9.17, 15) is 5.11 Å². The average molecular weight is 402 g/mol. The van der Waals surface area contributed by atoms with Gasteiger partial charge in [-0.15, -0.1) is 0 Å². The van der Waals surface area contributed by atoms with Gasteiger partial charge in [-0.25, -0.2) is 0 Å². The predicted octanol–water partition coefficient (Wildman–Crippen LogP) is 2.61. The van der Waals surface area contributed by atoms with Gasteiger partial charge in [0.2, 0.25) is 0 Å². The monoisotopic (exact) mass is 401 g/mol. The summed E-state index contributed by atoms with van der Waals surface area (Å²) < 4.78 is 10.6. The number of morpholine rings is 1. The SMILES string of the molecule is COc1ccc(N(Cc2ccccc2O)C(=S)NCCN2CCOCC2)cc1. The zero-order valence-corrected chi connectivity index (χ0v) is 17.0. The molecule has 0 amide bonds. The van der Waals surface area contributed by atoms with E-state index < -0.39 is 0 Å². The van der Waals surface area contributed by atoms with Gasteiger partial charge in [-0.2, -0.15) is 0 Å². The van der Waals surface area contributed by atoms with Gasteiger partial charge in [0, 0.05) is 37.4 Å². The number of hydrogen-bond acceptors (Lipinski definition) is 5. The van der Waals surface area contributed by atoms with Crippen LogP contribution < -0.4 is 15.0 Å². The van der Waals surface area contributed by atoms with E-state index in [2.05, 4.69) is 10.2 Å². The molecule has 7 heteroatoms. The second-order valence-electron chi connectivity index (χ2n) is 6.60. The number of benzene rings is 2. The Labute approximate surface area is 171 Å². The molecule has 2 aromatic rings. The summed E-state index contributed by atoms with van der Waals surface area (Å²) in [5.41, 5.74) is 1.75. The molecule has 0 spiro atoms. The van der Waals surface area contributed by atoms with Crippen molar-refractivity contribution in [1.29, 1.82) is 0 Å². The number of hydrogen-bond donors (Lipinski definition) is 2. The highest BCUT2D eigenvalue weighted by molar-refractivity contribution is 7.80. The zero-order valence-electron chi connectivity index (χ0n) is 16.1. The topological polar surface area (TPSA) is 57.2 Å². The van der Waals surface area contributed by atoms with Crippen molar-refractivity contribution in [2.45, 2.75) is 6.54 Å². The fraction of sp³-hybridized carbons (Fsp3) is 0.381. The average Bonchev–Trinajstić information content (AvgIpc) is 2.74. The highest BCUT2D eigenvalue weighted by atomic mass is 32.1. The van der Waals surface area contributed by atoms with Gasteiger partial charge in [-0.1, -0.05) is 18.2 Å². The van der Waals surface area contributed by atoms with Crippen molar-refractivity contribution in [1.82, 2.24) is 10.2 Å². The maximum Gasteiger partial charge on any atom is 0.173 e. The molecule has 1 aliphatic heterocycles. The third-order valence-electron chi connectivity index (χ3n) is 4.76. The molecular weight excluding hydrogens is 374 g/mol. The highest BCUT2D eigenvalue weighted by Gasteiger charge is 2.16. The number of para-hydroxylation sites is 1. The Kier molecular flexibility index (Phi) is 7.47. The molecule has 0 unspecified atom stereocenters. The minimum Gasteiger partial charge on any atom is -0.508 e. The van der Waals surface area contributed by atoms with Crippen molar-refractivity contribution in [2.24, 2.45) is 0 Å². The summed E-state index contributed by atoms with van der Waals surface area (Å²) in [6.45, 7) is 5.62. The minimum absolute atomic E-state index is 0.261. The number of thiocarbonyl (C=S) groups is 1. The van der Waals surface area contributed by atoms with E-state index in [1.807, 2.05) is 47.4 Å². The van der Waals surface area contributed by atoms with Crippen LogP contribution in [0, 0.1) is 0 Å². The Morgan fingerprint density at radius 2 is 1.89 bits per heavy atom. The molecule has 28 heavy (non-hydrogen) atoms.